The van der Waals surface area contributed by atoms with E-state index in [2.05, 4.69) is 4.72 Å². The van der Waals surface area contributed by atoms with Gasteiger partial charge in [0, 0.05) is 11.6 Å². The van der Waals surface area contributed by atoms with Gasteiger partial charge in [0.15, 0.2) is 6.54 Å². The van der Waals surface area contributed by atoms with Gasteiger partial charge >= 0.3 is 0 Å². The second-order valence-electron chi connectivity index (χ2n) is 4.90. The van der Waals surface area contributed by atoms with Crippen LogP contribution in [0, 0.1) is 5.21 Å². The van der Waals surface area contributed by atoms with Gasteiger partial charge in [0.25, 0.3) is 10.0 Å². The molecule has 1 heterocycles. The van der Waals surface area contributed by atoms with Gasteiger partial charge in [0.1, 0.15) is 4.90 Å². The first-order valence-corrected chi connectivity index (χ1v) is 10.00. The lowest BCUT2D eigenvalue weighted by atomic mass is 10.2. The van der Waals surface area contributed by atoms with Gasteiger partial charge in [-0.2, -0.15) is 0 Å². The van der Waals surface area contributed by atoms with Gasteiger partial charge < -0.3 is 9.62 Å². The zero-order valence-corrected chi connectivity index (χ0v) is 15.1. The van der Waals surface area contributed by atoms with E-state index in [1.165, 1.54) is 0 Å². The lowest BCUT2D eigenvalue weighted by molar-refractivity contribution is -0.470. The minimum atomic E-state index is -4.03. The highest BCUT2D eigenvalue weighted by atomic mass is 32.2. The standard InChI is InChI=1S/C14H17N3O6S2/c1-15-24(19,20)13-8-14(25(21,22)16-2)23-12(13)10-17(18)9-11-6-4-3-5-7-11/h3-8,10,15-16H,9H2,1-2H3. The fourth-order valence-electron chi connectivity index (χ4n) is 1.95. The van der Waals surface area contributed by atoms with E-state index >= 15 is 0 Å². The molecule has 136 valence electrons. The molecule has 0 unspecified atom stereocenters. The summed E-state index contributed by atoms with van der Waals surface area (Å²) in [6.45, 7) is -0.0608. The van der Waals surface area contributed by atoms with Crippen molar-refractivity contribution in [2.45, 2.75) is 16.5 Å². The lowest BCUT2D eigenvalue weighted by Gasteiger charge is -2.04. The maximum Gasteiger partial charge on any atom is 0.273 e. The average Bonchev–Trinajstić information content (AvgIpc) is 3.01. The number of hydrogen-bond acceptors (Lipinski definition) is 6. The van der Waals surface area contributed by atoms with E-state index in [-0.39, 0.29) is 12.3 Å². The Hall–Kier alpha value is -2.21. The summed E-state index contributed by atoms with van der Waals surface area (Å²) in [6.07, 6.45) is 0.895. The molecule has 0 amide bonds. The topological polar surface area (TPSA) is 132 Å². The maximum atomic E-state index is 12.1. The predicted octanol–water partition coefficient (Wildman–Crippen LogP) is 0.225. The van der Waals surface area contributed by atoms with E-state index in [0.717, 1.165) is 26.4 Å². The Bertz CT molecular complexity index is 979. The predicted molar refractivity (Wildman–Crippen MR) is 90.1 cm³/mol. The van der Waals surface area contributed by atoms with Crippen LogP contribution in [0.5, 0.6) is 0 Å². The molecule has 9 nitrogen and oxygen atoms in total. The normalized spacial score (nSPS) is 13.1. The summed E-state index contributed by atoms with van der Waals surface area (Å²) in [5.74, 6) is -0.380. The van der Waals surface area contributed by atoms with Crippen LogP contribution in [0.2, 0.25) is 0 Å². The van der Waals surface area contributed by atoms with Gasteiger partial charge in [0.2, 0.25) is 27.1 Å². The average molecular weight is 387 g/mol. The van der Waals surface area contributed by atoms with E-state index < -0.39 is 30.0 Å². The van der Waals surface area contributed by atoms with Crippen molar-refractivity contribution in [2.75, 3.05) is 14.1 Å². The van der Waals surface area contributed by atoms with Crippen LogP contribution in [0.15, 0.2) is 50.8 Å². The van der Waals surface area contributed by atoms with Crippen molar-refractivity contribution in [3.63, 3.8) is 0 Å². The van der Waals surface area contributed by atoms with Crippen LogP contribution >= 0.6 is 0 Å². The smallest absolute Gasteiger partial charge is 0.273 e. The van der Waals surface area contributed by atoms with Gasteiger partial charge in [-0.05, 0) is 14.1 Å². The van der Waals surface area contributed by atoms with Crippen LogP contribution in [0.3, 0.4) is 0 Å². The molecule has 0 spiro atoms. The Kier molecular flexibility index (Phi) is 5.62. The number of sulfonamides is 2. The Morgan fingerprint density at radius 1 is 1.08 bits per heavy atom. The second kappa shape index (κ2) is 7.35. The van der Waals surface area contributed by atoms with Crippen LogP contribution < -0.4 is 9.44 Å². The third kappa shape index (κ3) is 4.45. The zero-order chi connectivity index (χ0) is 18.7. The molecule has 11 heteroatoms. The minimum absolute atomic E-state index is 0.0608. The summed E-state index contributed by atoms with van der Waals surface area (Å²) < 4.78 is 57.4. The van der Waals surface area contributed by atoms with E-state index in [1.54, 1.807) is 30.3 Å². The number of hydroxylamine groups is 1. The number of nitrogens with one attached hydrogen (secondary N) is 2. The molecule has 0 saturated carbocycles. The summed E-state index contributed by atoms with van der Waals surface area (Å²) in [4.78, 5) is -0.447. The maximum absolute atomic E-state index is 12.1. The first-order valence-electron chi connectivity index (χ1n) is 7.03. The molecular weight excluding hydrogens is 370 g/mol. The van der Waals surface area contributed by atoms with Gasteiger partial charge in [-0.25, -0.2) is 31.0 Å². The van der Waals surface area contributed by atoms with Crippen molar-refractivity contribution in [3.05, 3.63) is 52.9 Å². The molecule has 2 aromatic rings. The van der Waals surface area contributed by atoms with Crippen LogP contribution in [-0.2, 0) is 26.6 Å². The highest BCUT2D eigenvalue weighted by Gasteiger charge is 2.28. The van der Waals surface area contributed by atoms with E-state index in [0.29, 0.717) is 10.3 Å². The molecule has 25 heavy (non-hydrogen) atoms. The summed E-state index contributed by atoms with van der Waals surface area (Å²) in [7, 11) is -5.72. The van der Waals surface area contributed by atoms with Crippen molar-refractivity contribution in [1.82, 2.24) is 9.44 Å². The molecule has 0 fully saturated rings. The van der Waals surface area contributed by atoms with Gasteiger partial charge in [0.05, 0.1) is 0 Å². The molecule has 2 N–H and O–H groups in total. The molecule has 0 aliphatic heterocycles. The molecule has 1 aromatic carbocycles. The fraction of sp³-hybridized carbons (Fsp3) is 0.214. The zero-order valence-electron chi connectivity index (χ0n) is 13.5. The van der Waals surface area contributed by atoms with Crippen LogP contribution in [0.25, 0.3) is 0 Å². The molecular formula is C14H17N3O6S2. The lowest BCUT2D eigenvalue weighted by Crippen LogP contribution is -2.20. The third-order valence-electron chi connectivity index (χ3n) is 3.24. The van der Waals surface area contributed by atoms with Crippen molar-refractivity contribution in [1.29, 1.82) is 0 Å². The monoisotopic (exact) mass is 387 g/mol. The van der Waals surface area contributed by atoms with Crippen molar-refractivity contribution >= 4 is 26.3 Å². The van der Waals surface area contributed by atoms with Crippen LogP contribution in [0.1, 0.15) is 11.3 Å². The number of furan rings is 1. The van der Waals surface area contributed by atoms with Crippen molar-refractivity contribution < 1.29 is 26.0 Å². The third-order valence-corrected chi connectivity index (χ3v) is 5.94. The van der Waals surface area contributed by atoms with Crippen LogP contribution in [-0.4, -0.2) is 41.9 Å². The second-order valence-corrected chi connectivity index (χ2v) is 8.57. The summed E-state index contributed by atoms with van der Waals surface area (Å²) in [5.41, 5.74) is 0.696. The Labute approximate surface area is 145 Å². The minimum Gasteiger partial charge on any atom is -0.623 e. The molecule has 0 aliphatic rings. The van der Waals surface area contributed by atoms with E-state index in [9.17, 15) is 22.0 Å². The number of hydrogen-bond donors (Lipinski definition) is 2. The Balaban J connectivity index is 2.50. The number of benzene rings is 1. The summed E-state index contributed by atoms with van der Waals surface area (Å²) >= 11 is 0. The summed E-state index contributed by atoms with van der Waals surface area (Å²) in [6, 6.07) is 9.60. The molecule has 1 aromatic heterocycles. The molecule has 0 bridgehead atoms. The molecule has 2 rings (SSSR count). The largest absolute Gasteiger partial charge is 0.623 e. The Morgan fingerprint density at radius 3 is 2.24 bits per heavy atom. The first-order chi connectivity index (χ1) is 11.7. The highest BCUT2D eigenvalue weighted by Crippen LogP contribution is 2.22. The SMILES string of the molecule is CNS(=O)(=O)c1cc(S(=O)(=O)NC)c(C=[N+]([O-])Cc2ccccc2)o1. The molecule has 0 aliphatic carbocycles. The highest BCUT2D eigenvalue weighted by molar-refractivity contribution is 7.90. The molecule has 0 saturated heterocycles. The molecule has 0 atom stereocenters. The van der Waals surface area contributed by atoms with Crippen LogP contribution in [0.4, 0.5) is 0 Å². The quantitative estimate of drug-likeness (QED) is 0.302. The van der Waals surface area contributed by atoms with Crippen molar-refractivity contribution in [3.8, 4) is 0 Å². The van der Waals surface area contributed by atoms with E-state index in [1.807, 2.05) is 4.72 Å². The van der Waals surface area contributed by atoms with E-state index in [4.69, 9.17) is 4.42 Å². The van der Waals surface area contributed by atoms with Crippen molar-refractivity contribution in [2.24, 2.45) is 0 Å². The van der Waals surface area contributed by atoms with Gasteiger partial charge in [-0.3, -0.25) is 0 Å². The fourth-order valence-corrected chi connectivity index (χ4v) is 3.54. The van der Waals surface area contributed by atoms with Gasteiger partial charge in [-0.1, -0.05) is 30.3 Å². The summed E-state index contributed by atoms with van der Waals surface area (Å²) in [5, 5.41) is 11.5. The molecule has 0 radical (unpaired) electrons. The number of nitrogens with zero attached hydrogens (tertiary/aromatic N) is 1. The Morgan fingerprint density at radius 2 is 1.68 bits per heavy atom. The first kappa shape index (κ1) is 19.1. The number of rotatable bonds is 7. The van der Waals surface area contributed by atoms with Gasteiger partial charge in [-0.15, -0.1) is 0 Å².